The molecule has 4 rings (SSSR count). The van der Waals surface area contributed by atoms with Crippen molar-refractivity contribution in [1.82, 2.24) is 25.1 Å². The van der Waals surface area contributed by atoms with Gasteiger partial charge in [-0.2, -0.15) is 5.10 Å². The third kappa shape index (κ3) is 3.97. The monoisotopic (exact) mass is 362 g/mol. The van der Waals surface area contributed by atoms with Crippen molar-refractivity contribution in [1.29, 1.82) is 0 Å². The van der Waals surface area contributed by atoms with Crippen molar-refractivity contribution in [2.75, 3.05) is 18.0 Å². The molecule has 7 heteroatoms. The lowest BCUT2D eigenvalue weighted by molar-refractivity contribution is 0.0950. The molecule has 0 atom stereocenters. The van der Waals surface area contributed by atoms with Gasteiger partial charge in [-0.3, -0.25) is 4.79 Å². The topological polar surface area (TPSA) is 75.9 Å². The van der Waals surface area contributed by atoms with Gasteiger partial charge in [0.2, 0.25) is 0 Å². The van der Waals surface area contributed by atoms with Crippen LogP contribution in [0.2, 0.25) is 0 Å². The Labute approximate surface area is 158 Å². The van der Waals surface area contributed by atoms with Crippen molar-refractivity contribution in [3.8, 4) is 5.69 Å². The maximum absolute atomic E-state index is 12.6. The van der Waals surface area contributed by atoms with E-state index in [-0.39, 0.29) is 5.91 Å². The summed E-state index contributed by atoms with van der Waals surface area (Å²) in [4.78, 5) is 23.9. The summed E-state index contributed by atoms with van der Waals surface area (Å²) < 4.78 is 1.72. The van der Waals surface area contributed by atoms with Gasteiger partial charge >= 0.3 is 0 Å². The number of amides is 1. The fourth-order valence-corrected chi connectivity index (χ4v) is 3.27. The lowest BCUT2D eigenvalue weighted by Crippen LogP contribution is -2.25. The molecule has 7 nitrogen and oxygen atoms in total. The van der Waals surface area contributed by atoms with Crippen LogP contribution in [0.3, 0.4) is 0 Å². The van der Waals surface area contributed by atoms with E-state index in [1.54, 1.807) is 16.9 Å². The van der Waals surface area contributed by atoms with E-state index in [1.807, 2.05) is 43.5 Å². The molecule has 2 aromatic heterocycles. The van der Waals surface area contributed by atoms with Gasteiger partial charge in [0.15, 0.2) is 0 Å². The highest BCUT2D eigenvalue weighted by Crippen LogP contribution is 2.18. The summed E-state index contributed by atoms with van der Waals surface area (Å²) in [6.45, 7) is 4.32. The summed E-state index contributed by atoms with van der Waals surface area (Å²) >= 11 is 0. The number of rotatable bonds is 5. The molecule has 1 aliphatic heterocycles. The molecule has 1 N–H and O–H groups in total. The van der Waals surface area contributed by atoms with Gasteiger partial charge in [-0.05, 0) is 44.0 Å². The number of carbonyl (C=O) groups excluding carboxylic acids is 1. The second-order valence-electron chi connectivity index (χ2n) is 6.66. The van der Waals surface area contributed by atoms with Crippen LogP contribution in [0.25, 0.3) is 5.69 Å². The average molecular weight is 362 g/mol. The summed E-state index contributed by atoms with van der Waals surface area (Å²) in [5.41, 5.74) is 2.34. The number of hydrogen-bond donors (Lipinski definition) is 1. The molecule has 0 unspecified atom stereocenters. The summed E-state index contributed by atoms with van der Waals surface area (Å²) in [5.74, 6) is 1.43. The zero-order valence-electron chi connectivity index (χ0n) is 15.3. The third-order valence-corrected chi connectivity index (χ3v) is 4.60. The minimum Gasteiger partial charge on any atom is -0.357 e. The normalized spacial score (nSPS) is 13.7. The molecule has 1 aromatic carbocycles. The first-order valence-electron chi connectivity index (χ1n) is 9.17. The van der Waals surface area contributed by atoms with E-state index < -0.39 is 0 Å². The Morgan fingerprint density at radius 2 is 2.00 bits per heavy atom. The molecule has 1 fully saturated rings. The second-order valence-corrected chi connectivity index (χ2v) is 6.66. The van der Waals surface area contributed by atoms with Gasteiger partial charge in [0.1, 0.15) is 11.6 Å². The highest BCUT2D eigenvalue weighted by molar-refractivity contribution is 5.94. The number of hydrogen-bond acceptors (Lipinski definition) is 5. The number of anilines is 1. The van der Waals surface area contributed by atoms with Crippen LogP contribution in [0.4, 0.5) is 5.82 Å². The highest BCUT2D eigenvalue weighted by atomic mass is 16.1. The van der Waals surface area contributed by atoms with E-state index in [0.717, 1.165) is 30.3 Å². The fraction of sp³-hybridized carbons (Fsp3) is 0.300. The number of carbonyl (C=O) groups is 1. The van der Waals surface area contributed by atoms with Gasteiger partial charge in [0, 0.05) is 42.8 Å². The van der Waals surface area contributed by atoms with Gasteiger partial charge in [-0.1, -0.05) is 6.07 Å². The van der Waals surface area contributed by atoms with Crippen LogP contribution in [-0.2, 0) is 6.54 Å². The molecule has 3 aromatic rings. The lowest BCUT2D eigenvalue weighted by atomic mass is 10.2. The number of nitrogens with zero attached hydrogens (tertiary/aromatic N) is 5. The molecular weight excluding hydrogens is 340 g/mol. The van der Waals surface area contributed by atoms with Gasteiger partial charge in [-0.25, -0.2) is 14.6 Å². The minimum absolute atomic E-state index is 0.156. The van der Waals surface area contributed by atoms with Crippen LogP contribution in [0, 0.1) is 6.92 Å². The average Bonchev–Trinajstić information content (AvgIpc) is 3.39. The third-order valence-electron chi connectivity index (χ3n) is 4.60. The number of aryl methyl sites for hydroxylation is 1. The van der Waals surface area contributed by atoms with Gasteiger partial charge < -0.3 is 10.2 Å². The summed E-state index contributed by atoms with van der Waals surface area (Å²) in [5, 5.41) is 7.12. The molecule has 1 aliphatic rings. The zero-order valence-corrected chi connectivity index (χ0v) is 15.3. The predicted octanol–water partition coefficient (Wildman–Crippen LogP) is 2.50. The van der Waals surface area contributed by atoms with E-state index >= 15 is 0 Å². The first-order chi connectivity index (χ1) is 13.2. The van der Waals surface area contributed by atoms with Gasteiger partial charge in [0.25, 0.3) is 5.91 Å². The van der Waals surface area contributed by atoms with Crippen LogP contribution in [0.5, 0.6) is 0 Å². The molecule has 0 radical (unpaired) electrons. The van der Waals surface area contributed by atoms with Crippen LogP contribution >= 0.6 is 0 Å². The predicted molar refractivity (Wildman–Crippen MR) is 103 cm³/mol. The van der Waals surface area contributed by atoms with Crippen LogP contribution < -0.4 is 10.2 Å². The molecule has 1 saturated heterocycles. The smallest absolute Gasteiger partial charge is 0.251 e. The lowest BCUT2D eigenvalue weighted by Gasteiger charge is -2.17. The van der Waals surface area contributed by atoms with E-state index in [4.69, 9.17) is 0 Å². The zero-order chi connectivity index (χ0) is 18.6. The summed E-state index contributed by atoms with van der Waals surface area (Å²) in [6.07, 6.45) is 5.95. The quantitative estimate of drug-likeness (QED) is 0.755. The molecule has 0 bridgehead atoms. The van der Waals surface area contributed by atoms with E-state index in [9.17, 15) is 4.79 Å². The maximum Gasteiger partial charge on any atom is 0.251 e. The van der Waals surface area contributed by atoms with Crippen molar-refractivity contribution in [2.24, 2.45) is 0 Å². The van der Waals surface area contributed by atoms with Crippen molar-refractivity contribution in [3.63, 3.8) is 0 Å². The Morgan fingerprint density at radius 1 is 1.15 bits per heavy atom. The van der Waals surface area contributed by atoms with Crippen molar-refractivity contribution in [3.05, 3.63) is 65.9 Å². The molecule has 1 amide bonds. The number of benzene rings is 1. The van der Waals surface area contributed by atoms with Gasteiger partial charge in [0.05, 0.1) is 12.2 Å². The Morgan fingerprint density at radius 3 is 2.78 bits per heavy atom. The highest BCUT2D eigenvalue weighted by Gasteiger charge is 2.15. The first-order valence-corrected chi connectivity index (χ1v) is 9.17. The fourth-order valence-electron chi connectivity index (χ4n) is 3.27. The van der Waals surface area contributed by atoms with Crippen LogP contribution in [-0.4, -0.2) is 38.7 Å². The number of nitrogens with one attached hydrogen (secondary N) is 1. The molecular formula is C20H22N6O. The Balaban J connectivity index is 1.46. The molecule has 3 heterocycles. The second kappa shape index (κ2) is 7.57. The SMILES string of the molecule is Cc1cc(N2CCCC2)nc(CNC(=O)c2cccc(-n3cccn3)c2)n1. The maximum atomic E-state index is 12.6. The molecule has 27 heavy (non-hydrogen) atoms. The molecule has 138 valence electrons. The van der Waals surface area contributed by atoms with Crippen LogP contribution in [0.15, 0.2) is 48.8 Å². The van der Waals surface area contributed by atoms with Crippen molar-refractivity contribution < 1.29 is 4.79 Å². The minimum atomic E-state index is -0.156. The largest absolute Gasteiger partial charge is 0.357 e. The Bertz CT molecular complexity index is 931. The van der Waals surface area contributed by atoms with E-state index in [2.05, 4.69) is 25.3 Å². The first kappa shape index (κ1) is 17.2. The van der Waals surface area contributed by atoms with Crippen molar-refractivity contribution in [2.45, 2.75) is 26.3 Å². The molecule has 0 aliphatic carbocycles. The van der Waals surface area contributed by atoms with Gasteiger partial charge in [-0.15, -0.1) is 0 Å². The summed E-state index contributed by atoms with van der Waals surface area (Å²) in [7, 11) is 0. The van der Waals surface area contributed by atoms with E-state index in [0.29, 0.717) is 17.9 Å². The number of aromatic nitrogens is 4. The van der Waals surface area contributed by atoms with Crippen molar-refractivity contribution >= 4 is 11.7 Å². The summed E-state index contributed by atoms with van der Waals surface area (Å²) in [6, 6.07) is 11.2. The van der Waals surface area contributed by atoms with Crippen LogP contribution in [0.1, 0.15) is 34.7 Å². The van der Waals surface area contributed by atoms with E-state index in [1.165, 1.54) is 12.8 Å². The Hall–Kier alpha value is -3.22. The Kier molecular flexibility index (Phi) is 4.82. The molecule has 0 spiro atoms. The molecule has 0 saturated carbocycles. The standard InChI is InChI=1S/C20H22N6O/c1-15-12-19(25-9-2-3-10-25)24-18(23-15)14-21-20(27)16-6-4-7-17(13-16)26-11-5-8-22-26/h4-8,11-13H,2-3,9-10,14H2,1H3,(H,21,27).